The molecule has 0 saturated carbocycles. The highest BCUT2D eigenvalue weighted by Crippen LogP contribution is 2.24. The minimum atomic E-state index is -3.44. The summed E-state index contributed by atoms with van der Waals surface area (Å²) in [5, 5.41) is 0. The first-order chi connectivity index (χ1) is 8.53. The second-order valence-electron chi connectivity index (χ2n) is 4.90. The molecule has 4 nitrogen and oxygen atoms in total. The predicted molar refractivity (Wildman–Crippen MR) is 71.9 cm³/mol. The number of sulfonamides is 1. The van der Waals surface area contributed by atoms with Crippen molar-refractivity contribution in [3.8, 4) is 0 Å². The molecule has 0 aliphatic heterocycles. The summed E-state index contributed by atoms with van der Waals surface area (Å²) in [5.74, 6) is 0. The van der Waals surface area contributed by atoms with Gasteiger partial charge in [0.05, 0.1) is 4.90 Å². The van der Waals surface area contributed by atoms with E-state index < -0.39 is 10.0 Å². The SMILES string of the molecule is C[C@H](CN)NS(=O)(=O)c1ccc2c(c1)CCCC2. The summed E-state index contributed by atoms with van der Waals surface area (Å²) in [4.78, 5) is 0.350. The van der Waals surface area contributed by atoms with Crippen LogP contribution in [0.4, 0.5) is 0 Å². The zero-order valence-corrected chi connectivity index (χ0v) is 11.5. The van der Waals surface area contributed by atoms with Crippen LogP contribution in [0.5, 0.6) is 0 Å². The maximum atomic E-state index is 12.1. The van der Waals surface area contributed by atoms with Crippen molar-refractivity contribution in [2.75, 3.05) is 6.54 Å². The molecule has 0 spiro atoms. The molecule has 0 fully saturated rings. The minimum absolute atomic E-state index is 0.244. The number of nitrogens with two attached hydrogens (primary N) is 1. The molecule has 0 heterocycles. The van der Waals surface area contributed by atoms with Crippen molar-refractivity contribution in [1.29, 1.82) is 0 Å². The summed E-state index contributed by atoms with van der Waals surface area (Å²) >= 11 is 0. The lowest BCUT2D eigenvalue weighted by Crippen LogP contribution is -2.37. The van der Waals surface area contributed by atoms with Crippen molar-refractivity contribution < 1.29 is 8.42 Å². The molecule has 1 aromatic carbocycles. The van der Waals surface area contributed by atoms with Crippen LogP contribution in [0.2, 0.25) is 0 Å². The molecule has 1 aromatic rings. The number of hydrogen-bond donors (Lipinski definition) is 2. The van der Waals surface area contributed by atoms with E-state index in [9.17, 15) is 8.42 Å². The number of hydrogen-bond acceptors (Lipinski definition) is 3. The summed E-state index contributed by atoms with van der Waals surface area (Å²) in [5.41, 5.74) is 7.90. The van der Waals surface area contributed by atoms with Gasteiger partial charge in [-0.3, -0.25) is 0 Å². The topological polar surface area (TPSA) is 72.2 Å². The minimum Gasteiger partial charge on any atom is -0.329 e. The third-order valence-electron chi connectivity index (χ3n) is 3.34. The Morgan fingerprint density at radius 1 is 1.28 bits per heavy atom. The van der Waals surface area contributed by atoms with Gasteiger partial charge in [-0.15, -0.1) is 0 Å². The van der Waals surface area contributed by atoms with E-state index in [4.69, 9.17) is 5.73 Å². The first-order valence-electron chi connectivity index (χ1n) is 6.37. The second kappa shape index (κ2) is 5.38. The highest BCUT2D eigenvalue weighted by molar-refractivity contribution is 7.89. The van der Waals surface area contributed by atoms with Gasteiger partial charge in [-0.25, -0.2) is 13.1 Å². The number of nitrogens with one attached hydrogen (secondary N) is 1. The maximum Gasteiger partial charge on any atom is 0.240 e. The van der Waals surface area contributed by atoms with Gasteiger partial charge in [0, 0.05) is 12.6 Å². The fraction of sp³-hybridized carbons (Fsp3) is 0.538. The Morgan fingerprint density at radius 2 is 1.94 bits per heavy atom. The average Bonchev–Trinajstić information content (AvgIpc) is 2.37. The number of aryl methyl sites for hydroxylation is 2. The van der Waals surface area contributed by atoms with Crippen molar-refractivity contribution in [2.24, 2.45) is 5.73 Å². The summed E-state index contributed by atoms with van der Waals surface area (Å²) < 4.78 is 26.8. The van der Waals surface area contributed by atoms with Gasteiger partial charge >= 0.3 is 0 Å². The lowest BCUT2D eigenvalue weighted by Gasteiger charge is -2.17. The molecule has 0 radical (unpaired) electrons. The molecule has 1 aliphatic rings. The summed E-state index contributed by atoms with van der Waals surface area (Å²) in [6, 6.07) is 5.19. The molecular formula is C13H20N2O2S. The van der Waals surface area contributed by atoms with Crippen LogP contribution >= 0.6 is 0 Å². The van der Waals surface area contributed by atoms with Crippen molar-refractivity contribution in [2.45, 2.75) is 43.5 Å². The van der Waals surface area contributed by atoms with Crippen LogP contribution in [-0.2, 0) is 22.9 Å². The molecule has 3 N–H and O–H groups in total. The van der Waals surface area contributed by atoms with E-state index in [1.54, 1.807) is 19.1 Å². The Morgan fingerprint density at radius 3 is 2.61 bits per heavy atom. The van der Waals surface area contributed by atoms with E-state index >= 15 is 0 Å². The van der Waals surface area contributed by atoms with E-state index in [0.29, 0.717) is 11.4 Å². The molecule has 0 amide bonds. The van der Waals surface area contributed by atoms with Crippen molar-refractivity contribution >= 4 is 10.0 Å². The number of fused-ring (bicyclic) bond motifs is 1. The Bertz CT molecular complexity index is 526. The predicted octanol–water partition coefficient (Wildman–Crippen LogP) is 1.19. The smallest absolute Gasteiger partial charge is 0.240 e. The van der Waals surface area contributed by atoms with E-state index in [1.807, 2.05) is 6.07 Å². The van der Waals surface area contributed by atoms with E-state index in [1.165, 1.54) is 17.5 Å². The van der Waals surface area contributed by atoms with Gasteiger partial charge in [-0.05, 0) is 55.9 Å². The molecule has 18 heavy (non-hydrogen) atoms. The van der Waals surface area contributed by atoms with Crippen LogP contribution in [-0.4, -0.2) is 21.0 Å². The zero-order valence-electron chi connectivity index (χ0n) is 10.6. The lowest BCUT2D eigenvalue weighted by molar-refractivity contribution is 0.562. The third-order valence-corrected chi connectivity index (χ3v) is 4.93. The summed E-state index contributed by atoms with van der Waals surface area (Å²) in [6.07, 6.45) is 4.37. The Kier molecular flexibility index (Phi) is 4.04. The van der Waals surface area contributed by atoms with Gasteiger partial charge in [0.25, 0.3) is 0 Å². The second-order valence-corrected chi connectivity index (χ2v) is 6.61. The molecular weight excluding hydrogens is 248 g/mol. The number of benzene rings is 1. The standard InChI is InChI=1S/C13H20N2O2S/c1-10(9-14)15-18(16,17)13-7-6-11-4-2-3-5-12(11)8-13/h6-8,10,15H,2-5,9,14H2,1H3/t10-/m1/s1. The first-order valence-corrected chi connectivity index (χ1v) is 7.85. The average molecular weight is 268 g/mol. The lowest BCUT2D eigenvalue weighted by atomic mass is 9.92. The van der Waals surface area contributed by atoms with Crippen LogP contribution in [0.1, 0.15) is 30.9 Å². The molecule has 0 saturated heterocycles. The molecule has 1 atom stereocenters. The summed E-state index contributed by atoms with van der Waals surface area (Å²) in [6.45, 7) is 2.06. The first kappa shape index (κ1) is 13.5. The largest absolute Gasteiger partial charge is 0.329 e. The van der Waals surface area contributed by atoms with Gasteiger partial charge in [-0.2, -0.15) is 0 Å². The van der Waals surface area contributed by atoms with Crippen molar-refractivity contribution in [1.82, 2.24) is 4.72 Å². The zero-order chi connectivity index (χ0) is 13.2. The van der Waals surface area contributed by atoms with Crippen LogP contribution in [0.15, 0.2) is 23.1 Å². The Balaban J connectivity index is 2.28. The quantitative estimate of drug-likeness (QED) is 0.861. The Hall–Kier alpha value is -0.910. The van der Waals surface area contributed by atoms with E-state index in [0.717, 1.165) is 19.3 Å². The molecule has 0 aromatic heterocycles. The molecule has 100 valence electrons. The molecule has 0 unspecified atom stereocenters. The van der Waals surface area contributed by atoms with Gasteiger partial charge in [0.2, 0.25) is 10.0 Å². The highest BCUT2D eigenvalue weighted by atomic mass is 32.2. The van der Waals surface area contributed by atoms with Crippen LogP contribution in [0, 0.1) is 0 Å². The summed E-state index contributed by atoms with van der Waals surface area (Å²) in [7, 11) is -3.44. The van der Waals surface area contributed by atoms with Crippen LogP contribution in [0.3, 0.4) is 0 Å². The molecule has 2 rings (SSSR count). The molecule has 5 heteroatoms. The van der Waals surface area contributed by atoms with Gasteiger partial charge in [0.15, 0.2) is 0 Å². The van der Waals surface area contributed by atoms with Gasteiger partial charge in [0.1, 0.15) is 0 Å². The van der Waals surface area contributed by atoms with Crippen LogP contribution in [0.25, 0.3) is 0 Å². The van der Waals surface area contributed by atoms with Crippen molar-refractivity contribution in [3.63, 3.8) is 0 Å². The normalized spacial score (nSPS) is 17.2. The fourth-order valence-electron chi connectivity index (χ4n) is 2.26. The van der Waals surface area contributed by atoms with Gasteiger partial charge < -0.3 is 5.73 Å². The Labute approximate surface area is 109 Å². The van der Waals surface area contributed by atoms with E-state index in [2.05, 4.69) is 4.72 Å². The molecule has 1 aliphatic carbocycles. The van der Waals surface area contributed by atoms with Gasteiger partial charge in [-0.1, -0.05) is 6.07 Å². The fourth-order valence-corrected chi connectivity index (χ4v) is 3.56. The monoisotopic (exact) mass is 268 g/mol. The highest BCUT2D eigenvalue weighted by Gasteiger charge is 2.19. The number of rotatable bonds is 4. The maximum absolute atomic E-state index is 12.1. The van der Waals surface area contributed by atoms with Crippen molar-refractivity contribution in [3.05, 3.63) is 29.3 Å². The molecule has 0 bridgehead atoms. The third kappa shape index (κ3) is 2.91. The van der Waals surface area contributed by atoms with E-state index in [-0.39, 0.29) is 6.04 Å². The van der Waals surface area contributed by atoms with Crippen LogP contribution < -0.4 is 10.5 Å².